The highest BCUT2D eigenvalue weighted by molar-refractivity contribution is 6.04. The number of hydrogen-bond donors (Lipinski definition) is 0. The van der Waals surface area contributed by atoms with Gasteiger partial charge in [-0.2, -0.15) is 0 Å². The molecule has 0 N–H and O–H groups in total. The van der Waals surface area contributed by atoms with Crippen LogP contribution in [0.2, 0.25) is 0 Å². The lowest BCUT2D eigenvalue weighted by Gasteiger charge is -2.33. The summed E-state index contributed by atoms with van der Waals surface area (Å²) >= 11 is 0. The molecule has 0 spiro atoms. The fourth-order valence-electron chi connectivity index (χ4n) is 2.13. The first-order chi connectivity index (χ1) is 9.50. The Bertz CT molecular complexity index is 525. The van der Waals surface area contributed by atoms with Crippen molar-refractivity contribution >= 4 is 17.8 Å². The molecule has 2 rings (SSSR count). The lowest BCUT2D eigenvalue weighted by Crippen LogP contribution is -2.54. The van der Waals surface area contributed by atoms with Gasteiger partial charge < -0.3 is 0 Å². The summed E-state index contributed by atoms with van der Waals surface area (Å²) in [7, 11) is 0. The zero-order valence-electron chi connectivity index (χ0n) is 11.7. The summed E-state index contributed by atoms with van der Waals surface area (Å²) in [4.78, 5) is 38.5. The second kappa shape index (κ2) is 5.86. The van der Waals surface area contributed by atoms with E-state index in [1.807, 2.05) is 30.3 Å². The molecule has 0 radical (unpaired) electrons. The molecule has 20 heavy (non-hydrogen) atoms. The molecule has 0 atom stereocenters. The van der Waals surface area contributed by atoms with Crippen molar-refractivity contribution in [3.63, 3.8) is 0 Å². The first-order valence-electron chi connectivity index (χ1n) is 6.70. The van der Waals surface area contributed by atoms with Crippen molar-refractivity contribution in [1.82, 2.24) is 9.80 Å². The normalized spacial score (nSPS) is 15.9. The van der Waals surface area contributed by atoms with E-state index >= 15 is 0 Å². The third kappa shape index (κ3) is 2.87. The summed E-state index contributed by atoms with van der Waals surface area (Å²) in [6.07, 6.45) is 0.192. The molecule has 1 aromatic rings. The number of hydrogen-bond acceptors (Lipinski definition) is 3. The molecule has 1 fully saturated rings. The molecule has 1 saturated heterocycles. The van der Waals surface area contributed by atoms with E-state index < -0.39 is 6.03 Å². The van der Waals surface area contributed by atoms with Crippen LogP contribution >= 0.6 is 0 Å². The van der Waals surface area contributed by atoms with Gasteiger partial charge in [-0.05, 0) is 5.56 Å². The van der Waals surface area contributed by atoms with Gasteiger partial charge in [0, 0.05) is 18.9 Å². The molecule has 106 valence electrons. The second-order valence-electron chi connectivity index (χ2n) is 5.14. The van der Waals surface area contributed by atoms with E-state index in [2.05, 4.69) is 0 Å². The number of nitrogens with zero attached hydrogens (tertiary/aromatic N) is 2. The smallest absolute Gasteiger partial charge is 0.274 e. The molecule has 5 heteroatoms. The van der Waals surface area contributed by atoms with Gasteiger partial charge in [0.05, 0.1) is 6.54 Å². The molecular weight excluding hydrogens is 256 g/mol. The van der Waals surface area contributed by atoms with Gasteiger partial charge in [0.15, 0.2) is 0 Å². The predicted molar refractivity (Wildman–Crippen MR) is 73.6 cm³/mol. The summed E-state index contributed by atoms with van der Waals surface area (Å²) in [5.41, 5.74) is 0.869. The third-order valence-corrected chi connectivity index (χ3v) is 3.26. The highest BCUT2D eigenvalue weighted by Gasteiger charge is 2.36. The van der Waals surface area contributed by atoms with E-state index in [0.717, 1.165) is 10.5 Å². The van der Waals surface area contributed by atoms with Crippen LogP contribution in [-0.4, -0.2) is 34.2 Å². The Labute approximate surface area is 118 Å². The third-order valence-electron chi connectivity index (χ3n) is 3.26. The maximum absolute atomic E-state index is 12.3. The van der Waals surface area contributed by atoms with E-state index in [1.165, 1.54) is 4.90 Å². The van der Waals surface area contributed by atoms with E-state index in [-0.39, 0.29) is 37.2 Å². The molecule has 1 aliphatic heterocycles. The first-order valence-corrected chi connectivity index (χ1v) is 6.70. The van der Waals surface area contributed by atoms with E-state index in [4.69, 9.17) is 0 Å². The quantitative estimate of drug-likeness (QED) is 0.847. The molecule has 0 aromatic heterocycles. The average molecular weight is 274 g/mol. The molecule has 1 heterocycles. The Kier molecular flexibility index (Phi) is 4.17. The lowest BCUT2D eigenvalue weighted by molar-refractivity contribution is -0.138. The molecule has 0 aliphatic carbocycles. The largest absolute Gasteiger partial charge is 0.333 e. The SMILES string of the molecule is CC(C)C(=O)N1CCC(=O)N(Cc2ccccc2)C1=O. The van der Waals surface area contributed by atoms with E-state index in [9.17, 15) is 14.4 Å². The Morgan fingerprint density at radius 3 is 2.45 bits per heavy atom. The fourth-order valence-corrected chi connectivity index (χ4v) is 2.13. The van der Waals surface area contributed by atoms with Gasteiger partial charge >= 0.3 is 6.03 Å². The summed E-state index contributed by atoms with van der Waals surface area (Å²) < 4.78 is 0. The average Bonchev–Trinajstić information content (AvgIpc) is 2.44. The van der Waals surface area contributed by atoms with Gasteiger partial charge in [-0.3, -0.25) is 19.4 Å². The lowest BCUT2D eigenvalue weighted by atomic mass is 10.1. The van der Waals surface area contributed by atoms with Crippen LogP contribution in [-0.2, 0) is 16.1 Å². The number of carbonyl (C=O) groups excluding carboxylic acids is 3. The zero-order valence-corrected chi connectivity index (χ0v) is 11.7. The standard InChI is InChI=1S/C15H18N2O3/c1-11(2)14(19)16-9-8-13(18)17(15(16)20)10-12-6-4-3-5-7-12/h3-7,11H,8-10H2,1-2H3. The maximum Gasteiger partial charge on any atom is 0.333 e. The minimum absolute atomic E-state index is 0.181. The van der Waals surface area contributed by atoms with Gasteiger partial charge in [-0.1, -0.05) is 44.2 Å². The Balaban J connectivity index is 2.16. The summed E-state index contributed by atoms with van der Waals surface area (Å²) in [6, 6.07) is 8.77. The van der Waals surface area contributed by atoms with Crippen molar-refractivity contribution in [3.8, 4) is 0 Å². The molecule has 4 amide bonds. The summed E-state index contributed by atoms with van der Waals surface area (Å²) in [5.74, 6) is -0.724. The van der Waals surface area contributed by atoms with Gasteiger partial charge in [0.25, 0.3) is 0 Å². The van der Waals surface area contributed by atoms with Crippen LogP contribution < -0.4 is 0 Å². The second-order valence-corrected chi connectivity index (χ2v) is 5.14. The van der Waals surface area contributed by atoms with Gasteiger partial charge in [0.1, 0.15) is 0 Å². The predicted octanol–water partition coefficient (Wildman–Crippen LogP) is 2.02. The molecular formula is C15H18N2O3. The summed E-state index contributed by atoms with van der Waals surface area (Å²) in [5, 5.41) is 0. The van der Waals surface area contributed by atoms with Crippen LogP contribution in [0.5, 0.6) is 0 Å². The number of urea groups is 1. The van der Waals surface area contributed by atoms with Crippen molar-refractivity contribution in [3.05, 3.63) is 35.9 Å². The number of rotatable bonds is 3. The van der Waals surface area contributed by atoms with Crippen molar-refractivity contribution in [2.24, 2.45) is 5.92 Å². The Hall–Kier alpha value is -2.17. The van der Waals surface area contributed by atoms with Crippen molar-refractivity contribution in [2.75, 3.05) is 6.54 Å². The van der Waals surface area contributed by atoms with Crippen molar-refractivity contribution < 1.29 is 14.4 Å². The highest BCUT2D eigenvalue weighted by Crippen LogP contribution is 2.16. The van der Waals surface area contributed by atoms with E-state index in [0.29, 0.717) is 0 Å². The monoisotopic (exact) mass is 274 g/mol. The fraction of sp³-hybridized carbons (Fsp3) is 0.400. The first kappa shape index (κ1) is 14.2. The van der Waals surface area contributed by atoms with Crippen LogP contribution in [0.3, 0.4) is 0 Å². The molecule has 0 bridgehead atoms. The van der Waals surface area contributed by atoms with Crippen LogP contribution in [0.1, 0.15) is 25.8 Å². The molecule has 5 nitrogen and oxygen atoms in total. The van der Waals surface area contributed by atoms with Crippen LogP contribution in [0, 0.1) is 5.92 Å². The van der Waals surface area contributed by atoms with Crippen molar-refractivity contribution in [2.45, 2.75) is 26.8 Å². The van der Waals surface area contributed by atoms with E-state index in [1.54, 1.807) is 13.8 Å². The van der Waals surface area contributed by atoms with Gasteiger partial charge in [-0.25, -0.2) is 4.79 Å². The van der Waals surface area contributed by atoms with Crippen LogP contribution in [0.25, 0.3) is 0 Å². The number of imide groups is 2. The van der Waals surface area contributed by atoms with Crippen LogP contribution in [0.4, 0.5) is 4.79 Å². The maximum atomic E-state index is 12.3. The minimum Gasteiger partial charge on any atom is -0.274 e. The molecule has 1 aliphatic rings. The molecule has 0 saturated carbocycles. The number of amides is 4. The van der Waals surface area contributed by atoms with Crippen LogP contribution in [0.15, 0.2) is 30.3 Å². The minimum atomic E-state index is -0.510. The van der Waals surface area contributed by atoms with Gasteiger partial charge in [-0.15, -0.1) is 0 Å². The zero-order chi connectivity index (χ0) is 14.7. The number of carbonyl (C=O) groups is 3. The summed E-state index contributed by atoms with van der Waals surface area (Å²) in [6.45, 7) is 3.88. The highest BCUT2D eigenvalue weighted by atomic mass is 16.2. The molecule has 1 aromatic carbocycles. The molecule has 0 unspecified atom stereocenters. The Morgan fingerprint density at radius 2 is 1.85 bits per heavy atom. The van der Waals surface area contributed by atoms with Gasteiger partial charge in [0.2, 0.25) is 11.8 Å². The topological polar surface area (TPSA) is 57.7 Å². The van der Waals surface area contributed by atoms with Crippen molar-refractivity contribution in [1.29, 1.82) is 0 Å². The number of benzene rings is 1. The Morgan fingerprint density at radius 1 is 1.20 bits per heavy atom.